The van der Waals surface area contributed by atoms with E-state index in [1.54, 1.807) is 42.7 Å². The van der Waals surface area contributed by atoms with Crippen molar-refractivity contribution in [1.82, 2.24) is 15.5 Å². The summed E-state index contributed by atoms with van der Waals surface area (Å²) in [6, 6.07) is 10.8. The van der Waals surface area contributed by atoms with Crippen molar-refractivity contribution in [3.8, 4) is 0 Å². The molecule has 0 aliphatic rings. The molecule has 0 aliphatic carbocycles. The molecule has 2 aromatic heterocycles. The van der Waals surface area contributed by atoms with E-state index in [4.69, 9.17) is 4.74 Å². The second kappa shape index (κ2) is 9.73. The lowest BCUT2D eigenvalue weighted by Gasteiger charge is -2.21. The maximum absolute atomic E-state index is 12.8. The molecule has 9 heteroatoms. The van der Waals surface area contributed by atoms with E-state index in [9.17, 15) is 9.59 Å². The molecule has 2 heterocycles. The van der Waals surface area contributed by atoms with Crippen molar-refractivity contribution < 1.29 is 14.3 Å². The third-order valence-corrected chi connectivity index (χ3v) is 5.97. The Morgan fingerprint density at radius 1 is 1.14 bits per heavy atom. The molecule has 1 unspecified atom stereocenters. The Morgan fingerprint density at radius 3 is 2.66 bits per heavy atom. The summed E-state index contributed by atoms with van der Waals surface area (Å²) in [5.74, 6) is -0.313. The number of nitrogens with one attached hydrogen (secondary N) is 2. The van der Waals surface area contributed by atoms with Crippen molar-refractivity contribution >= 4 is 40.2 Å². The molecule has 0 fully saturated rings. The van der Waals surface area contributed by atoms with Gasteiger partial charge in [0.1, 0.15) is 5.01 Å². The number of nitrogens with zero attached hydrogens (tertiary/aromatic N) is 2. The van der Waals surface area contributed by atoms with E-state index in [2.05, 4.69) is 34.7 Å². The Hall–Kier alpha value is -2.62. The molecule has 0 bridgehead atoms. The molecule has 0 spiro atoms. The Labute approximate surface area is 177 Å². The minimum Gasteiger partial charge on any atom is -0.377 e. The number of hydrogen-bond acceptors (Lipinski definition) is 7. The summed E-state index contributed by atoms with van der Waals surface area (Å²) in [6.45, 7) is 4.45. The van der Waals surface area contributed by atoms with Crippen LogP contribution in [0.5, 0.6) is 0 Å². The largest absolute Gasteiger partial charge is 0.377 e. The van der Waals surface area contributed by atoms with Gasteiger partial charge >= 0.3 is 0 Å². The van der Waals surface area contributed by atoms with Crippen LogP contribution in [0.25, 0.3) is 0 Å². The van der Waals surface area contributed by atoms with Gasteiger partial charge in [-0.15, -0.1) is 21.5 Å². The number of methoxy groups -OCH3 is 1. The third kappa shape index (κ3) is 5.47. The number of hydrogen-bond donors (Lipinski definition) is 2. The number of rotatable bonds is 8. The van der Waals surface area contributed by atoms with Crippen LogP contribution in [-0.4, -0.2) is 29.1 Å². The fourth-order valence-electron chi connectivity index (χ4n) is 2.71. The fraction of sp³-hybridized carbons (Fsp3) is 0.300. The maximum Gasteiger partial charge on any atom is 0.286 e. The fourth-order valence-corrected chi connectivity index (χ4v) is 4.37. The highest BCUT2D eigenvalue weighted by molar-refractivity contribution is 7.13. The first-order valence-electron chi connectivity index (χ1n) is 9.05. The van der Waals surface area contributed by atoms with E-state index in [0.29, 0.717) is 22.9 Å². The molecule has 0 radical (unpaired) electrons. The molecule has 3 aromatic rings. The summed E-state index contributed by atoms with van der Waals surface area (Å²) >= 11 is 2.79. The van der Waals surface area contributed by atoms with Gasteiger partial charge in [0, 0.05) is 23.2 Å². The lowest BCUT2D eigenvalue weighted by molar-refractivity contribution is 0.0925. The summed E-state index contributed by atoms with van der Waals surface area (Å²) in [5.41, 5.74) is 0.991. The Morgan fingerprint density at radius 2 is 1.97 bits per heavy atom. The van der Waals surface area contributed by atoms with Gasteiger partial charge in [0.2, 0.25) is 5.01 Å². The summed E-state index contributed by atoms with van der Waals surface area (Å²) in [7, 11) is 1.56. The SMILES string of the molecule is COCc1nnc(C(=O)Nc2cccc(C(=O)NC(c3cccs3)C(C)C)c2)s1. The highest BCUT2D eigenvalue weighted by Gasteiger charge is 2.20. The first-order chi connectivity index (χ1) is 14.0. The maximum atomic E-state index is 12.8. The smallest absolute Gasteiger partial charge is 0.286 e. The Kier molecular flexibility index (Phi) is 7.08. The van der Waals surface area contributed by atoms with Crippen molar-refractivity contribution in [1.29, 1.82) is 0 Å². The number of amides is 2. The van der Waals surface area contributed by atoms with Crippen LogP contribution >= 0.6 is 22.7 Å². The molecular weight excluding hydrogens is 408 g/mol. The second-order valence-electron chi connectivity index (χ2n) is 6.68. The van der Waals surface area contributed by atoms with E-state index >= 15 is 0 Å². The highest BCUT2D eigenvalue weighted by Crippen LogP contribution is 2.26. The number of ether oxygens (including phenoxy) is 1. The second-order valence-corrected chi connectivity index (χ2v) is 8.72. The molecule has 1 atom stereocenters. The van der Waals surface area contributed by atoms with Crippen molar-refractivity contribution in [2.45, 2.75) is 26.5 Å². The number of carbonyl (C=O) groups excluding carboxylic acids is 2. The molecule has 152 valence electrons. The first-order valence-corrected chi connectivity index (χ1v) is 10.7. The van der Waals surface area contributed by atoms with Crippen molar-refractivity contribution in [2.24, 2.45) is 5.92 Å². The van der Waals surface area contributed by atoms with Crippen molar-refractivity contribution in [3.05, 3.63) is 62.2 Å². The molecule has 0 aliphatic heterocycles. The average Bonchev–Trinajstić information content (AvgIpc) is 3.38. The highest BCUT2D eigenvalue weighted by atomic mass is 32.1. The molecule has 0 saturated heterocycles. The van der Waals surface area contributed by atoms with Crippen molar-refractivity contribution in [3.63, 3.8) is 0 Å². The molecule has 29 heavy (non-hydrogen) atoms. The molecule has 2 N–H and O–H groups in total. The molecule has 7 nitrogen and oxygen atoms in total. The van der Waals surface area contributed by atoms with Crippen LogP contribution in [0.1, 0.15) is 49.9 Å². The lowest BCUT2D eigenvalue weighted by atomic mass is 10.0. The number of benzene rings is 1. The van der Waals surface area contributed by atoms with Crippen LogP contribution in [0, 0.1) is 5.92 Å². The summed E-state index contributed by atoms with van der Waals surface area (Å²) in [5, 5.41) is 16.5. The average molecular weight is 431 g/mol. The van der Waals surface area contributed by atoms with Crippen LogP contribution in [0.15, 0.2) is 41.8 Å². The van der Waals surface area contributed by atoms with E-state index in [0.717, 1.165) is 4.88 Å². The zero-order valence-corrected chi connectivity index (χ0v) is 18.0. The minimum absolute atomic E-state index is 0.0682. The summed E-state index contributed by atoms with van der Waals surface area (Å²) in [6.07, 6.45) is 0. The molecule has 3 rings (SSSR count). The van der Waals surface area contributed by atoms with Crippen LogP contribution in [0.2, 0.25) is 0 Å². The quantitative estimate of drug-likeness (QED) is 0.561. The first kappa shape index (κ1) is 21.1. The van der Waals surface area contributed by atoms with Crippen LogP contribution in [-0.2, 0) is 11.3 Å². The predicted octanol–water partition coefficient (Wildman–Crippen LogP) is 4.13. The van der Waals surface area contributed by atoms with Gasteiger partial charge in [0.15, 0.2) is 0 Å². The van der Waals surface area contributed by atoms with Crippen LogP contribution < -0.4 is 10.6 Å². The van der Waals surface area contributed by atoms with E-state index in [1.165, 1.54) is 11.3 Å². The zero-order chi connectivity index (χ0) is 20.8. The number of aromatic nitrogens is 2. The lowest BCUT2D eigenvalue weighted by Crippen LogP contribution is -2.31. The van der Waals surface area contributed by atoms with Gasteiger partial charge < -0.3 is 15.4 Å². The van der Waals surface area contributed by atoms with Gasteiger partial charge in [-0.05, 0) is 35.6 Å². The number of anilines is 1. The zero-order valence-electron chi connectivity index (χ0n) is 16.3. The standard InChI is InChI=1S/C20H22N4O3S2/c1-12(2)17(15-8-5-9-28-15)22-18(25)13-6-4-7-14(10-13)21-19(26)20-24-23-16(29-20)11-27-3/h4-10,12,17H,11H2,1-3H3,(H,21,26)(H,22,25). The number of thiophene rings is 1. The van der Waals surface area contributed by atoms with Gasteiger partial charge in [-0.3, -0.25) is 9.59 Å². The topological polar surface area (TPSA) is 93.2 Å². The van der Waals surface area contributed by atoms with Gasteiger partial charge in [-0.2, -0.15) is 0 Å². The van der Waals surface area contributed by atoms with E-state index in [1.807, 2.05) is 17.5 Å². The monoisotopic (exact) mass is 430 g/mol. The molecule has 0 saturated carbocycles. The summed E-state index contributed by atoms with van der Waals surface area (Å²) in [4.78, 5) is 26.3. The summed E-state index contributed by atoms with van der Waals surface area (Å²) < 4.78 is 4.99. The van der Waals surface area contributed by atoms with Crippen LogP contribution in [0.3, 0.4) is 0 Å². The normalized spacial score (nSPS) is 12.0. The van der Waals surface area contributed by atoms with Gasteiger partial charge in [-0.25, -0.2) is 0 Å². The Bertz CT molecular complexity index is 970. The van der Waals surface area contributed by atoms with Gasteiger partial charge in [-0.1, -0.05) is 37.3 Å². The van der Waals surface area contributed by atoms with E-state index < -0.39 is 0 Å². The van der Waals surface area contributed by atoms with Gasteiger partial charge in [0.05, 0.1) is 12.6 Å². The minimum atomic E-state index is -0.374. The molecule has 2 amide bonds. The van der Waals surface area contributed by atoms with Gasteiger partial charge in [0.25, 0.3) is 11.8 Å². The Balaban J connectivity index is 1.69. The molecular formula is C20H22N4O3S2. The third-order valence-electron chi connectivity index (χ3n) is 4.11. The van der Waals surface area contributed by atoms with E-state index in [-0.39, 0.29) is 28.8 Å². The van der Waals surface area contributed by atoms with Crippen LogP contribution in [0.4, 0.5) is 5.69 Å². The van der Waals surface area contributed by atoms with Crippen molar-refractivity contribution in [2.75, 3.05) is 12.4 Å². The molecule has 1 aromatic carbocycles. The predicted molar refractivity (Wildman–Crippen MR) is 114 cm³/mol. The number of carbonyl (C=O) groups is 2.